The maximum Gasteiger partial charge on any atom is 0.258 e. The molecule has 1 spiro atoms. The Balaban J connectivity index is 0.000000123. The van der Waals surface area contributed by atoms with Gasteiger partial charge in [-0.25, -0.2) is 0 Å². The second kappa shape index (κ2) is 17.0. The SMILES string of the molecule is Nc1cccc2c(=O)n(Cc3ccccc3)ccc12.O=C(CC12CC3CC4CC(C1)C4(C3)C2)Nc1cccc2c(=O)n(Cc3ccccc3)ccc12.O=C(Cl)CC12CC3CC(CC(C3)C1)C2. The van der Waals surface area contributed by atoms with E-state index in [4.69, 9.17) is 17.3 Å². The summed E-state index contributed by atoms with van der Waals surface area (Å²) in [5.74, 6) is 5.59. The van der Waals surface area contributed by atoms with Gasteiger partial charge in [0, 0.05) is 58.2 Å². The molecule has 5 atom stereocenters. The van der Waals surface area contributed by atoms with Gasteiger partial charge in [0.15, 0.2) is 0 Å². The molecule has 14 rings (SSSR count). The molecular weight excluding hydrogens is 840 g/mol. The van der Waals surface area contributed by atoms with Gasteiger partial charge in [0.2, 0.25) is 11.1 Å². The van der Waals surface area contributed by atoms with E-state index in [1.54, 1.807) is 15.3 Å². The Labute approximate surface area is 391 Å². The smallest absolute Gasteiger partial charge is 0.258 e. The highest BCUT2D eigenvalue weighted by atomic mass is 35.5. The number of halogens is 1. The van der Waals surface area contributed by atoms with E-state index in [9.17, 15) is 19.2 Å². The number of amides is 1. The predicted octanol–water partition coefficient (Wildman–Crippen LogP) is 11.6. The van der Waals surface area contributed by atoms with E-state index >= 15 is 0 Å². The number of fused-ring (bicyclic) bond motifs is 4. The van der Waals surface area contributed by atoms with E-state index in [1.807, 2.05) is 115 Å². The average molecular weight is 902 g/mol. The molecule has 66 heavy (non-hydrogen) atoms. The van der Waals surface area contributed by atoms with Crippen LogP contribution in [0.25, 0.3) is 21.5 Å². The lowest BCUT2D eigenvalue weighted by atomic mass is 9.49. The minimum atomic E-state index is -0.105. The Morgan fingerprint density at radius 3 is 1.73 bits per heavy atom. The monoisotopic (exact) mass is 900 g/mol. The zero-order valence-electron chi connectivity index (χ0n) is 37.8. The largest absolute Gasteiger partial charge is 0.398 e. The van der Waals surface area contributed by atoms with Crippen LogP contribution in [0.15, 0.2) is 131 Å². The first-order chi connectivity index (χ1) is 31.9. The van der Waals surface area contributed by atoms with Crippen LogP contribution >= 0.6 is 11.6 Å². The van der Waals surface area contributed by atoms with Gasteiger partial charge in [-0.15, -0.1) is 0 Å². The number of nitrogen functional groups attached to an aromatic ring is 1. The van der Waals surface area contributed by atoms with Crippen molar-refractivity contribution in [3.63, 3.8) is 0 Å². The molecule has 9 heteroatoms. The molecule has 8 aliphatic rings. The first-order valence-corrected chi connectivity index (χ1v) is 24.9. The highest BCUT2D eigenvalue weighted by Crippen LogP contribution is 2.79. The molecule has 0 aliphatic heterocycles. The molecule has 0 radical (unpaired) electrons. The molecule has 340 valence electrons. The van der Waals surface area contributed by atoms with Crippen LogP contribution < -0.4 is 22.2 Å². The van der Waals surface area contributed by atoms with Crippen molar-refractivity contribution >= 4 is 55.7 Å². The number of nitrogens with two attached hydrogens (primary N) is 1. The first kappa shape index (κ1) is 43.1. The Kier molecular flexibility index (Phi) is 11.1. The lowest BCUT2D eigenvalue weighted by Crippen LogP contribution is -2.46. The van der Waals surface area contributed by atoms with Gasteiger partial charge < -0.3 is 20.2 Å². The van der Waals surface area contributed by atoms with Crippen LogP contribution in [0.3, 0.4) is 0 Å². The van der Waals surface area contributed by atoms with Crippen molar-refractivity contribution in [2.45, 2.75) is 103 Å². The molecular formula is C57H61ClN4O4. The fraction of sp³-hybridized carbons (Fsp3) is 0.439. The number of carbonyl (C=O) groups excluding carboxylic acids is 2. The molecule has 1 amide bonds. The minimum Gasteiger partial charge on any atom is -0.398 e. The van der Waals surface area contributed by atoms with Crippen molar-refractivity contribution in [1.29, 1.82) is 0 Å². The van der Waals surface area contributed by atoms with E-state index in [1.165, 1.54) is 77.0 Å². The predicted molar refractivity (Wildman–Crippen MR) is 264 cm³/mol. The third-order valence-electron chi connectivity index (χ3n) is 17.5. The average Bonchev–Trinajstić information content (AvgIpc) is 3.60. The summed E-state index contributed by atoms with van der Waals surface area (Å²) in [5, 5.41) is 6.05. The number of carbonyl (C=O) groups is 2. The number of hydrogen-bond acceptors (Lipinski definition) is 5. The van der Waals surface area contributed by atoms with Crippen LogP contribution in [0.5, 0.6) is 0 Å². The zero-order valence-corrected chi connectivity index (χ0v) is 38.6. The Bertz CT molecular complexity index is 2910. The summed E-state index contributed by atoms with van der Waals surface area (Å²) in [5.41, 5.74) is 10.6. The number of rotatable bonds is 9. The summed E-state index contributed by atoms with van der Waals surface area (Å²) in [7, 11) is 0. The van der Waals surface area contributed by atoms with Crippen LogP contribution in [0, 0.1) is 51.8 Å². The van der Waals surface area contributed by atoms with Crippen molar-refractivity contribution < 1.29 is 9.59 Å². The summed E-state index contributed by atoms with van der Waals surface area (Å²) < 4.78 is 3.45. The second-order valence-corrected chi connectivity index (χ2v) is 22.4. The molecule has 8 aliphatic carbocycles. The number of nitrogens with zero attached hydrogens (tertiary/aromatic N) is 2. The van der Waals surface area contributed by atoms with Crippen molar-refractivity contribution in [1.82, 2.24) is 9.13 Å². The number of hydrogen-bond donors (Lipinski definition) is 2. The fourth-order valence-corrected chi connectivity index (χ4v) is 15.9. The highest BCUT2D eigenvalue weighted by Gasteiger charge is 2.70. The van der Waals surface area contributed by atoms with Gasteiger partial charge in [-0.3, -0.25) is 19.2 Å². The number of pyridine rings is 2. The van der Waals surface area contributed by atoms with Gasteiger partial charge >= 0.3 is 0 Å². The molecule has 6 aromatic rings. The van der Waals surface area contributed by atoms with Gasteiger partial charge in [-0.2, -0.15) is 0 Å². The third-order valence-corrected chi connectivity index (χ3v) is 17.7. The van der Waals surface area contributed by atoms with E-state index in [0.29, 0.717) is 53.2 Å². The molecule has 7 bridgehead atoms. The summed E-state index contributed by atoms with van der Waals surface area (Å²) in [6.07, 6.45) is 21.2. The van der Waals surface area contributed by atoms with Gasteiger partial charge in [0.1, 0.15) is 0 Å². The molecule has 8 nitrogen and oxygen atoms in total. The van der Waals surface area contributed by atoms with Gasteiger partial charge in [0.25, 0.3) is 11.1 Å². The zero-order chi connectivity index (χ0) is 45.2. The van der Waals surface area contributed by atoms with E-state index < -0.39 is 0 Å². The molecule has 8 fully saturated rings. The summed E-state index contributed by atoms with van der Waals surface area (Å²) in [6.45, 7) is 1.12. The molecule has 8 saturated carbocycles. The molecule has 2 aromatic heterocycles. The van der Waals surface area contributed by atoms with Crippen molar-refractivity contribution in [2.75, 3.05) is 11.1 Å². The first-order valence-electron chi connectivity index (χ1n) is 24.5. The Morgan fingerprint density at radius 2 is 1.12 bits per heavy atom. The topological polar surface area (TPSA) is 116 Å². The number of aromatic nitrogens is 2. The van der Waals surface area contributed by atoms with Crippen molar-refractivity contribution in [2.24, 2.45) is 51.8 Å². The van der Waals surface area contributed by atoms with Crippen LogP contribution in [-0.4, -0.2) is 20.3 Å². The van der Waals surface area contributed by atoms with Gasteiger partial charge in [0.05, 0.1) is 13.1 Å². The lowest BCUT2D eigenvalue weighted by molar-refractivity contribution is -0.120. The van der Waals surface area contributed by atoms with E-state index in [-0.39, 0.29) is 27.7 Å². The van der Waals surface area contributed by atoms with Crippen LogP contribution in [0.2, 0.25) is 0 Å². The summed E-state index contributed by atoms with van der Waals surface area (Å²) >= 11 is 5.57. The molecule has 0 saturated heterocycles. The Hall–Kier alpha value is -5.47. The molecule has 4 aromatic carbocycles. The summed E-state index contributed by atoms with van der Waals surface area (Å²) in [6, 6.07) is 34.9. The minimum absolute atomic E-state index is 0.00588. The second-order valence-electron chi connectivity index (χ2n) is 22.0. The number of anilines is 2. The third kappa shape index (κ3) is 8.11. The van der Waals surface area contributed by atoms with Crippen LogP contribution in [0.1, 0.15) is 101 Å². The highest BCUT2D eigenvalue weighted by molar-refractivity contribution is 6.63. The molecule has 5 unspecified atom stereocenters. The number of benzene rings is 4. The summed E-state index contributed by atoms with van der Waals surface area (Å²) in [4.78, 5) is 49.9. The maximum absolute atomic E-state index is 13.3. The van der Waals surface area contributed by atoms with Crippen LogP contribution in [0.4, 0.5) is 11.4 Å². The van der Waals surface area contributed by atoms with Gasteiger partial charge in [-0.05, 0) is 188 Å². The quantitative estimate of drug-likeness (QED) is 0.111. The lowest BCUT2D eigenvalue weighted by Gasteiger charge is -2.56. The Morgan fingerprint density at radius 1 is 0.561 bits per heavy atom. The normalized spacial score (nSPS) is 30.2. The van der Waals surface area contributed by atoms with Gasteiger partial charge in [-0.1, -0.05) is 72.8 Å². The van der Waals surface area contributed by atoms with Crippen molar-refractivity contribution in [3.8, 4) is 0 Å². The fourth-order valence-electron chi connectivity index (χ4n) is 15.7. The number of nitrogens with one attached hydrogen (secondary N) is 1. The van der Waals surface area contributed by atoms with Crippen molar-refractivity contribution in [3.05, 3.63) is 153 Å². The van der Waals surface area contributed by atoms with E-state index in [0.717, 1.165) is 63.1 Å². The van der Waals surface area contributed by atoms with E-state index in [2.05, 4.69) is 5.32 Å². The van der Waals surface area contributed by atoms with Crippen LogP contribution in [-0.2, 0) is 22.7 Å². The maximum atomic E-state index is 13.3. The molecule has 2 heterocycles. The molecule has 3 N–H and O–H groups in total. The standard InChI is InChI=1S/C29H30N2O2.C16H14N2O.C12H17ClO/c32-26(16-28-13-20-11-21-12-22(15-28)29(21,14-20)18-28)30-25-8-4-7-24-23(25)9-10-31(27(24)33)17-19-5-2-1-3-6-19;17-15-8-4-7-14-13(15)9-10-18(16(14)19)11-12-5-2-1-3-6-12;13-11(14)7-12-4-8-1-9(5-12)3-10(2-8)6-12/h1-10,20-22H,11-18H2,(H,30,32);1-10H,11,17H2;8-10H,1-7H2.